The standard InChI is InChI=1S/C23H24FN5O4S/c1-31-21-5-3-17-22(27-21)15(16(24)11-26-17)9-18(30)19-4-2-13(12-33-19)25-10-14-8-20-23(29-28-14)32-6-7-34-20/h3,5-8,11,13,18-19,25,30H,2,4,9-10,12H2,1H3/t13-,18+,19+/m1/s1/i10D/t10?,13-,18+,19+. The molecule has 178 valence electrons. The van der Waals surface area contributed by atoms with Gasteiger partial charge >= 0.3 is 0 Å². The molecule has 0 bridgehead atoms. The molecule has 0 amide bonds. The molecule has 34 heavy (non-hydrogen) atoms. The minimum atomic E-state index is -0.924. The van der Waals surface area contributed by atoms with Crippen molar-refractivity contribution in [2.75, 3.05) is 13.7 Å². The monoisotopic (exact) mass is 486 g/mol. The lowest BCUT2D eigenvalue weighted by Crippen LogP contribution is -2.44. The Kier molecular flexibility index (Phi) is 6.48. The normalized spacial score (nSPS) is 21.9. The van der Waals surface area contributed by atoms with E-state index < -0.39 is 24.5 Å². The number of aliphatic hydroxyl groups is 1. The third-order valence-corrected chi connectivity index (χ3v) is 6.54. The van der Waals surface area contributed by atoms with Crippen LogP contribution in [-0.2, 0) is 17.7 Å². The lowest BCUT2D eigenvalue weighted by molar-refractivity contribution is -0.0719. The van der Waals surface area contributed by atoms with E-state index in [0.717, 1.165) is 11.1 Å². The fraction of sp³-hybridized carbons (Fsp3) is 0.391. The number of thioether (sulfide) groups is 1. The van der Waals surface area contributed by atoms with Gasteiger partial charge in [-0.2, -0.15) is 5.10 Å². The molecule has 0 radical (unpaired) electrons. The van der Waals surface area contributed by atoms with E-state index in [1.165, 1.54) is 18.9 Å². The molecular weight excluding hydrogens is 461 g/mol. The molecule has 3 aromatic rings. The molecule has 4 atom stereocenters. The summed E-state index contributed by atoms with van der Waals surface area (Å²) < 4.78 is 39.4. The summed E-state index contributed by atoms with van der Waals surface area (Å²) in [7, 11) is 1.49. The van der Waals surface area contributed by atoms with Gasteiger partial charge in [0.15, 0.2) is 0 Å². The van der Waals surface area contributed by atoms with Gasteiger partial charge < -0.3 is 24.6 Å². The van der Waals surface area contributed by atoms with Crippen LogP contribution >= 0.6 is 11.8 Å². The van der Waals surface area contributed by atoms with Crippen molar-refractivity contribution in [1.29, 1.82) is 0 Å². The minimum Gasteiger partial charge on any atom is -0.481 e. The van der Waals surface area contributed by atoms with E-state index in [9.17, 15) is 9.50 Å². The number of halogens is 1. The molecule has 2 aliphatic rings. The first kappa shape index (κ1) is 21.7. The summed E-state index contributed by atoms with van der Waals surface area (Å²) in [6.45, 7) is -0.477. The minimum absolute atomic E-state index is 0.0355. The van der Waals surface area contributed by atoms with Crippen LogP contribution in [0.4, 0.5) is 4.39 Å². The average Bonchev–Trinajstić information content (AvgIpc) is 2.90. The van der Waals surface area contributed by atoms with Crippen LogP contribution in [0.1, 0.15) is 25.5 Å². The van der Waals surface area contributed by atoms with Gasteiger partial charge in [-0.05, 0) is 25.0 Å². The molecule has 0 spiro atoms. The number of methoxy groups -OCH3 is 1. The number of nitrogens with zero attached hydrogens (tertiary/aromatic N) is 4. The van der Waals surface area contributed by atoms with E-state index in [4.69, 9.17) is 15.6 Å². The van der Waals surface area contributed by atoms with Gasteiger partial charge in [0.05, 0.1) is 60.0 Å². The summed E-state index contributed by atoms with van der Waals surface area (Å²) in [5, 5.41) is 23.9. The zero-order chi connectivity index (χ0) is 24.4. The van der Waals surface area contributed by atoms with Crippen molar-refractivity contribution in [3.63, 3.8) is 0 Å². The van der Waals surface area contributed by atoms with Crippen molar-refractivity contribution in [3.05, 3.63) is 53.1 Å². The highest BCUT2D eigenvalue weighted by molar-refractivity contribution is 8.02. The quantitative estimate of drug-likeness (QED) is 0.517. The summed E-state index contributed by atoms with van der Waals surface area (Å²) in [6, 6.07) is 5.06. The lowest BCUT2D eigenvalue weighted by atomic mass is 9.96. The van der Waals surface area contributed by atoms with Crippen LogP contribution in [0.5, 0.6) is 11.8 Å². The van der Waals surface area contributed by atoms with E-state index in [2.05, 4.69) is 25.5 Å². The first-order chi connectivity index (χ1) is 17.0. The molecule has 1 fully saturated rings. The number of hydrogen-bond donors (Lipinski definition) is 2. The van der Waals surface area contributed by atoms with Crippen LogP contribution in [0, 0.1) is 5.82 Å². The number of ether oxygens (including phenoxy) is 3. The van der Waals surface area contributed by atoms with Gasteiger partial charge in [0.1, 0.15) is 5.82 Å². The molecule has 2 N–H and O–H groups in total. The summed E-state index contributed by atoms with van der Waals surface area (Å²) in [5.41, 5.74) is 1.65. The van der Waals surface area contributed by atoms with Gasteiger partial charge in [0.2, 0.25) is 5.88 Å². The molecule has 2 aliphatic heterocycles. The third kappa shape index (κ3) is 4.97. The molecule has 0 aliphatic carbocycles. The molecule has 1 saturated heterocycles. The van der Waals surface area contributed by atoms with E-state index in [1.807, 2.05) is 0 Å². The third-order valence-electron chi connectivity index (χ3n) is 5.75. The summed E-state index contributed by atoms with van der Waals surface area (Å²) in [6.07, 6.45) is 2.56. The van der Waals surface area contributed by atoms with Crippen LogP contribution in [0.3, 0.4) is 0 Å². The zero-order valence-electron chi connectivity index (χ0n) is 19.3. The summed E-state index contributed by atoms with van der Waals surface area (Å²) in [5.74, 6) is 0.243. The van der Waals surface area contributed by atoms with Crippen molar-refractivity contribution < 1.29 is 25.1 Å². The van der Waals surface area contributed by atoms with E-state index in [-0.39, 0.29) is 18.0 Å². The number of pyridine rings is 2. The maximum atomic E-state index is 14.6. The smallest absolute Gasteiger partial charge is 0.252 e. The molecule has 0 aromatic carbocycles. The van der Waals surface area contributed by atoms with Crippen molar-refractivity contribution in [2.24, 2.45) is 0 Å². The van der Waals surface area contributed by atoms with Crippen LogP contribution in [-0.4, -0.2) is 57.2 Å². The molecule has 5 rings (SSSR count). The number of aromatic nitrogens is 4. The van der Waals surface area contributed by atoms with Gasteiger partial charge in [-0.25, -0.2) is 9.37 Å². The second-order valence-electron chi connectivity index (χ2n) is 7.98. The molecule has 5 heterocycles. The number of fused-ring (bicyclic) bond motifs is 2. The number of rotatable bonds is 7. The van der Waals surface area contributed by atoms with E-state index >= 15 is 0 Å². The molecule has 11 heteroatoms. The maximum Gasteiger partial charge on any atom is 0.252 e. The Labute approximate surface area is 201 Å². The van der Waals surface area contributed by atoms with E-state index in [0.29, 0.717) is 47.9 Å². The Morgan fingerprint density at radius 2 is 2.29 bits per heavy atom. The molecule has 3 aromatic heterocycles. The zero-order valence-corrected chi connectivity index (χ0v) is 19.2. The average molecular weight is 487 g/mol. The van der Waals surface area contributed by atoms with Gasteiger partial charge in [-0.3, -0.25) is 4.98 Å². The summed E-state index contributed by atoms with van der Waals surface area (Å²) >= 11 is 1.46. The van der Waals surface area contributed by atoms with Gasteiger partial charge in [0, 0.05) is 37.4 Å². The Morgan fingerprint density at radius 3 is 3.12 bits per heavy atom. The Bertz CT molecular complexity index is 1240. The van der Waals surface area contributed by atoms with Gasteiger partial charge in [0.25, 0.3) is 5.88 Å². The Balaban J connectivity index is 1.19. The van der Waals surface area contributed by atoms with Crippen LogP contribution < -0.4 is 14.8 Å². The maximum absolute atomic E-state index is 14.6. The topological polar surface area (TPSA) is 112 Å². The number of aliphatic hydroxyl groups excluding tert-OH is 1. The second kappa shape index (κ2) is 10.2. The van der Waals surface area contributed by atoms with Crippen molar-refractivity contribution in [2.45, 2.75) is 48.9 Å². The lowest BCUT2D eigenvalue weighted by Gasteiger charge is -2.32. The Hall–Kier alpha value is -2.86. The van der Waals surface area contributed by atoms with Crippen molar-refractivity contribution >= 4 is 22.8 Å². The van der Waals surface area contributed by atoms with Crippen LogP contribution in [0.15, 0.2) is 41.0 Å². The molecule has 1 unspecified atom stereocenters. The van der Waals surface area contributed by atoms with Crippen molar-refractivity contribution in [1.82, 2.24) is 25.5 Å². The first-order valence-electron chi connectivity index (χ1n) is 11.4. The molecule has 0 saturated carbocycles. The SMILES string of the molecule is [2H]C(N[C@@H]1CC[C@@H]([C@@H](O)Cc2c(F)cnc3ccc(OC)nc23)OC1)c1cc2c(nn1)OC=CS2. The Morgan fingerprint density at radius 1 is 1.38 bits per heavy atom. The molecule has 9 nitrogen and oxygen atoms in total. The van der Waals surface area contributed by atoms with E-state index in [1.54, 1.807) is 29.9 Å². The number of nitrogens with one attached hydrogen (secondary N) is 1. The highest BCUT2D eigenvalue weighted by Crippen LogP contribution is 2.32. The first-order valence-corrected chi connectivity index (χ1v) is 11.7. The fourth-order valence-electron chi connectivity index (χ4n) is 3.94. The predicted octanol–water partition coefficient (Wildman–Crippen LogP) is 2.76. The fourth-order valence-corrected chi connectivity index (χ4v) is 4.58. The largest absolute Gasteiger partial charge is 0.481 e. The second-order valence-corrected chi connectivity index (χ2v) is 8.93. The molecular formula is C23H24FN5O4S. The highest BCUT2D eigenvalue weighted by Gasteiger charge is 2.29. The van der Waals surface area contributed by atoms with Crippen LogP contribution in [0.25, 0.3) is 11.0 Å². The highest BCUT2D eigenvalue weighted by atomic mass is 32.2. The van der Waals surface area contributed by atoms with Crippen LogP contribution in [0.2, 0.25) is 0 Å². The predicted molar refractivity (Wildman–Crippen MR) is 123 cm³/mol. The number of hydrogen-bond acceptors (Lipinski definition) is 10. The summed E-state index contributed by atoms with van der Waals surface area (Å²) in [4.78, 5) is 9.20. The van der Waals surface area contributed by atoms with Crippen molar-refractivity contribution in [3.8, 4) is 11.8 Å². The van der Waals surface area contributed by atoms with Gasteiger partial charge in [-0.1, -0.05) is 11.8 Å². The van der Waals surface area contributed by atoms with Gasteiger partial charge in [-0.15, -0.1) is 5.10 Å².